The third kappa shape index (κ3) is 3.76. The molecule has 3 aromatic rings. The number of hydrogen-bond donors (Lipinski definition) is 1. The van der Waals surface area contributed by atoms with Crippen LogP contribution in [0.15, 0.2) is 45.6 Å². The van der Waals surface area contributed by atoms with Crippen molar-refractivity contribution in [2.24, 2.45) is 0 Å². The van der Waals surface area contributed by atoms with E-state index in [1.165, 1.54) is 0 Å². The molecule has 1 aromatic carbocycles. The predicted molar refractivity (Wildman–Crippen MR) is 98.1 cm³/mol. The summed E-state index contributed by atoms with van der Waals surface area (Å²) in [5.41, 5.74) is 2.51. The standard InChI is InChI=1S/C18H17ClN2O3S/c1-11-16(17(21-24-11)13-5-3-4-6-14(13)19)18(22)20-9-15(23-2)12-7-8-25-10-12/h3-8,10,15H,9H2,1-2H3,(H,20,22). The minimum atomic E-state index is -0.272. The Morgan fingerprint density at radius 3 is 2.88 bits per heavy atom. The van der Waals surface area contributed by atoms with E-state index in [0.29, 0.717) is 34.1 Å². The number of aryl methyl sites for hydroxylation is 1. The monoisotopic (exact) mass is 376 g/mol. The molecular formula is C18H17ClN2O3S. The average Bonchev–Trinajstić information content (AvgIpc) is 3.26. The van der Waals surface area contributed by atoms with Crippen molar-refractivity contribution in [2.45, 2.75) is 13.0 Å². The first kappa shape index (κ1) is 17.7. The van der Waals surface area contributed by atoms with Gasteiger partial charge in [0.1, 0.15) is 23.1 Å². The number of rotatable bonds is 6. The largest absolute Gasteiger partial charge is 0.375 e. The molecule has 1 N–H and O–H groups in total. The molecule has 3 rings (SSSR count). The first-order valence-corrected chi connectivity index (χ1v) is 8.98. The molecule has 1 atom stereocenters. The normalized spacial score (nSPS) is 12.1. The molecule has 0 fully saturated rings. The van der Waals surface area contributed by atoms with Crippen molar-refractivity contribution in [3.8, 4) is 11.3 Å². The number of nitrogens with one attached hydrogen (secondary N) is 1. The lowest BCUT2D eigenvalue weighted by Crippen LogP contribution is -2.29. The van der Waals surface area contributed by atoms with E-state index in [1.807, 2.05) is 29.0 Å². The molecule has 0 aliphatic carbocycles. The molecule has 0 saturated carbocycles. The number of hydrogen-bond acceptors (Lipinski definition) is 5. The Kier molecular flexibility index (Phi) is 5.53. The van der Waals surface area contributed by atoms with Gasteiger partial charge in [0.15, 0.2) is 0 Å². The summed E-state index contributed by atoms with van der Waals surface area (Å²) in [7, 11) is 1.62. The smallest absolute Gasteiger partial charge is 0.257 e. The number of benzene rings is 1. The van der Waals surface area contributed by atoms with Crippen molar-refractivity contribution < 1.29 is 14.1 Å². The molecule has 0 spiro atoms. The highest BCUT2D eigenvalue weighted by atomic mass is 35.5. The summed E-state index contributed by atoms with van der Waals surface area (Å²) < 4.78 is 10.7. The third-order valence-corrected chi connectivity index (χ3v) is 4.90. The highest BCUT2D eigenvalue weighted by Gasteiger charge is 2.23. The summed E-state index contributed by atoms with van der Waals surface area (Å²) in [6.07, 6.45) is -0.209. The molecule has 0 aliphatic rings. The van der Waals surface area contributed by atoms with Gasteiger partial charge in [0.25, 0.3) is 5.91 Å². The maximum absolute atomic E-state index is 12.7. The molecule has 1 unspecified atom stereocenters. The molecule has 130 valence electrons. The second-order valence-corrected chi connectivity index (χ2v) is 6.62. The zero-order valence-electron chi connectivity index (χ0n) is 13.8. The van der Waals surface area contributed by atoms with E-state index >= 15 is 0 Å². The van der Waals surface area contributed by atoms with E-state index < -0.39 is 0 Å². The minimum Gasteiger partial charge on any atom is -0.375 e. The van der Waals surface area contributed by atoms with Crippen LogP contribution < -0.4 is 5.32 Å². The number of halogens is 1. The Hall–Kier alpha value is -2.15. The van der Waals surface area contributed by atoms with Crippen LogP contribution in [0, 0.1) is 6.92 Å². The van der Waals surface area contributed by atoms with Crippen LogP contribution in [0.5, 0.6) is 0 Å². The van der Waals surface area contributed by atoms with E-state index in [2.05, 4.69) is 10.5 Å². The second kappa shape index (κ2) is 7.82. The summed E-state index contributed by atoms with van der Waals surface area (Å²) in [5, 5.41) is 11.4. The highest BCUT2D eigenvalue weighted by Crippen LogP contribution is 2.31. The molecule has 0 radical (unpaired) electrons. The zero-order chi connectivity index (χ0) is 17.8. The lowest BCUT2D eigenvalue weighted by atomic mass is 10.1. The Labute approximate surface area is 154 Å². The van der Waals surface area contributed by atoms with Crippen molar-refractivity contribution in [3.05, 3.63) is 63.0 Å². The number of amides is 1. The fourth-order valence-electron chi connectivity index (χ4n) is 2.55. The topological polar surface area (TPSA) is 64.4 Å². The fraction of sp³-hybridized carbons (Fsp3) is 0.222. The van der Waals surface area contributed by atoms with Gasteiger partial charge in [-0.05, 0) is 35.4 Å². The van der Waals surface area contributed by atoms with Crippen LogP contribution in [0.4, 0.5) is 0 Å². The van der Waals surface area contributed by atoms with Gasteiger partial charge >= 0.3 is 0 Å². The molecule has 1 amide bonds. The molecular weight excluding hydrogens is 360 g/mol. The van der Waals surface area contributed by atoms with E-state index in [4.69, 9.17) is 20.9 Å². The molecule has 7 heteroatoms. The van der Waals surface area contributed by atoms with Gasteiger partial charge in [-0.3, -0.25) is 4.79 Å². The number of nitrogens with zero attached hydrogens (tertiary/aromatic N) is 1. The van der Waals surface area contributed by atoms with E-state index in [1.54, 1.807) is 37.5 Å². The van der Waals surface area contributed by atoms with Gasteiger partial charge in [0, 0.05) is 19.2 Å². The first-order valence-electron chi connectivity index (χ1n) is 7.66. The van der Waals surface area contributed by atoms with Gasteiger partial charge < -0.3 is 14.6 Å². The first-order chi connectivity index (χ1) is 12.1. The Bertz CT molecular complexity index is 861. The van der Waals surface area contributed by atoms with Gasteiger partial charge in [0.2, 0.25) is 0 Å². The quantitative estimate of drug-likeness (QED) is 0.688. The molecule has 2 heterocycles. The van der Waals surface area contributed by atoms with Crippen LogP contribution >= 0.6 is 22.9 Å². The van der Waals surface area contributed by atoms with Gasteiger partial charge in [-0.15, -0.1) is 0 Å². The number of aromatic nitrogens is 1. The van der Waals surface area contributed by atoms with Gasteiger partial charge in [-0.1, -0.05) is 35.0 Å². The molecule has 0 saturated heterocycles. The van der Waals surface area contributed by atoms with Crippen molar-refractivity contribution in [1.82, 2.24) is 10.5 Å². The Morgan fingerprint density at radius 1 is 1.40 bits per heavy atom. The number of carbonyl (C=O) groups is 1. The number of carbonyl (C=O) groups excluding carboxylic acids is 1. The summed E-state index contributed by atoms with van der Waals surface area (Å²) in [6.45, 7) is 2.05. The molecule has 2 aromatic heterocycles. The molecule has 5 nitrogen and oxygen atoms in total. The van der Waals surface area contributed by atoms with E-state index in [-0.39, 0.29) is 12.0 Å². The Morgan fingerprint density at radius 2 is 2.20 bits per heavy atom. The van der Waals surface area contributed by atoms with Crippen LogP contribution in [0.3, 0.4) is 0 Å². The van der Waals surface area contributed by atoms with E-state index in [0.717, 1.165) is 5.56 Å². The summed E-state index contributed by atoms with van der Waals surface area (Å²) >= 11 is 7.82. The zero-order valence-corrected chi connectivity index (χ0v) is 15.4. The van der Waals surface area contributed by atoms with Gasteiger partial charge in [0.05, 0.1) is 5.02 Å². The Balaban J connectivity index is 1.81. The number of ether oxygens (including phenoxy) is 1. The summed E-state index contributed by atoms with van der Waals surface area (Å²) in [5.74, 6) is 0.169. The van der Waals surface area contributed by atoms with Crippen LogP contribution in [0.1, 0.15) is 27.8 Å². The predicted octanol–water partition coefficient (Wildman–Crippen LogP) is 4.48. The maximum Gasteiger partial charge on any atom is 0.257 e. The molecule has 0 bridgehead atoms. The summed E-state index contributed by atoms with van der Waals surface area (Å²) in [4.78, 5) is 12.7. The maximum atomic E-state index is 12.7. The molecule has 25 heavy (non-hydrogen) atoms. The van der Waals surface area contributed by atoms with Crippen LogP contribution in [0.25, 0.3) is 11.3 Å². The van der Waals surface area contributed by atoms with Crippen molar-refractivity contribution in [1.29, 1.82) is 0 Å². The average molecular weight is 377 g/mol. The number of methoxy groups -OCH3 is 1. The van der Waals surface area contributed by atoms with Crippen molar-refractivity contribution >= 4 is 28.8 Å². The third-order valence-electron chi connectivity index (χ3n) is 3.87. The highest BCUT2D eigenvalue weighted by molar-refractivity contribution is 7.07. The lowest BCUT2D eigenvalue weighted by Gasteiger charge is -2.15. The van der Waals surface area contributed by atoms with Crippen molar-refractivity contribution in [2.75, 3.05) is 13.7 Å². The van der Waals surface area contributed by atoms with E-state index in [9.17, 15) is 4.79 Å². The van der Waals surface area contributed by atoms with Crippen LogP contribution in [0.2, 0.25) is 5.02 Å². The SMILES string of the molecule is COC(CNC(=O)c1c(-c2ccccc2Cl)noc1C)c1ccsc1. The summed E-state index contributed by atoms with van der Waals surface area (Å²) in [6, 6.07) is 9.19. The minimum absolute atomic E-state index is 0.209. The van der Waals surface area contributed by atoms with Crippen LogP contribution in [-0.2, 0) is 4.74 Å². The second-order valence-electron chi connectivity index (χ2n) is 5.43. The number of thiophene rings is 1. The van der Waals surface area contributed by atoms with Gasteiger partial charge in [-0.25, -0.2) is 0 Å². The molecule has 0 aliphatic heterocycles. The van der Waals surface area contributed by atoms with Crippen molar-refractivity contribution in [3.63, 3.8) is 0 Å². The van der Waals surface area contributed by atoms with Crippen LogP contribution in [-0.4, -0.2) is 24.7 Å². The van der Waals surface area contributed by atoms with Gasteiger partial charge in [-0.2, -0.15) is 11.3 Å². The lowest BCUT2D eigenvalue weighted by molar-refractivity contribution is 0.0828. The fourth-order valence-corrected chi connectivity index (χ4v) is 3.47.